The molecule has 0 saturated carbocycles. The third kappa shape index (κ3) is 40.4. The van der Waals surface area contributed by atoms with Gasteiger partial charge in [0.05, 0.1) is 19.8 Å². The summed E-state index contributed by atoms with van der Waals surface area (Å²) in [5.74, 6) is -0.929. The van der Waals surface area contributed by atoms with Crippen molar-refractivity contribution < 1.29 is 47.8 Å². The highest BCUT2D eigenvalue weighted by molar-refractivity contribution is 7.47. The van der Waals surface area contributed by atoms with Gasteiger partial charge in [0.15, 0.2) is 6.10 Å². The Kier molecular flexibility index (Phi) is 39.5. The van der Waals surface area contributed by atoms with Gasteiger partial charge in [-0.2, -0.15) is 0 Å². The number of phosphoric ester groups is 1. The second-order valence-electron chi connectivity index (χ2n) is 15.1. The fourth-order valence-electron chi connectivity index (χ4n) is 6.10. The van der Waals surface area contributed by atoms with Crippen molar-refractivity contribution in [3.8, 4) is 0 Å². The van der Waals surface area contributed by atoms with Crippen LogP contribution in [0.2, 0.25) is 0 Å². The predicted molar refractivity (Wildman–Crippen MR) is 224 cm³/mol. The van der Waals surface area contributed by atoms with E-state index in [0.29, 0.717) is 12.8 Å². The molecular weight excluding hydrogens is 719 g/mol. The number of rotatable bonds is 42. The lowest BCUT2D eigenvalue weighted by molar-refractivity contribution is -0.161. The lowest BCUT2D eigenvalue weighted by Crippen LogP contribution is -2.29. The standard InChI is InChI=1S/C44H83O10P/c1-3-5-7-9-11-13-15-17-19-20-22-24-26-28-30-32-34-36-44(48)54-42(40-53-55(49,50)52-38-41(46)37-45)39-51-43(47)35-33-31-29-27-25-23-21-18-16-14-12-10-8-6-4-2/h14,16-17,19,41-42,45-46H,3-13,15,18,20-40H2,1-2H3,(H,49,50)/b16-14+,19-17+/t41-,42+/m0/s1. The van der Waals surface area contributed by atoms with Gasteiger partial charge in [-0.15, -0.1) is 0 Å². The van der Waals surface area contributed by atoms with E-state index in [1.807, 2.05) is 0 Å². The van der Waals surface area contributed by atoms with Crippen LogP contribution in [0.15, 0.2) is 24.3 Å². The summed E-state index contributed by atoms with van der Waals surface area (Å²) < 4.78 is 32.7. The highest BCUT2D eigenvalue weighted by Crippen LogP contribution is 2.43. The van der Waals surface area contributed by atoms with Gasteiger partial charge in [0.2, 0.25) is 0 Å². The Hall–Kier alpha value is -1.55. The second kappa shape index (κ2) is 40.6. The molecule has 0 rings (SSSR count). The largest absolute Gasteiger partial charge is 0.472 e. The van der Waals surface area contributed by atoms with Crippen molar-refractivity contribution in [1.29, 1.82) is 0 Å². The van der Waals surface area contributed by atoms with Crippen LogP contribution >= 0.6 is 7.82 Å². The van der Waals surface area contributed by atoms with E-state index in [4.69, 9.17) is 23.6 Å². The van der Waals surface area contributed by atoms with Crippen molar-refractivity contribution in [3.05, 3.63) is 24.3 Å². The number of unbranched alkanes of at least 4 members (excludes halogenated alkanes) is 24. The van der Waals surface area contributed by atoms with Gasteiger partial charge in [0.25, 0.3) is 0 Å². The van der Waals surface area contributed by atoms with Gasteiger partial charge in [0, 0.05) is 12.8 Å². The Labute approximate surface area is 336 Å². The molecule has 10 nitrogen and oxygen atoms in total. The van der Waals surface area contributed by atoms with E-state index in [-0.39, 0.29) is 19.4 Å². The van der Waals surface area contributed by atoms with Gasteiger partial charge in [-0.1, -0.05) is 154 Å². The minimum absolute atomic E-state index is 0.180. The number of phosphoric acid groups is 1. The summed E-state index contributed by atoms with van der Waals surface area (Å²) in [6.07, 6.45) is 39.9. The van der Waals surface area contributed by atoms with Crippen LogP contribution in [0.25, 0.3) is 0 Å². The molecule has 0 aromatic rings. The zero-order chi connectivity index (χ0) is 40.5. The van der Waals surface area contributed by atoms with Gasteiger partial charge in [-0.3, -0.25) is 18.6 Å². The molecule has 55 heavy (non-hydrogen) atoms. The first-order chi connectivity index (χ1) is 26.7. The number of hydrogen-bond acceptors (Lipinski definition) is 9. The van der Waals surface area contributed by atoms with E-state index in [2.05, 4.69) is 38.2 Å². The Balaban J connectivity index is 4.28. The Bertz CT molecular complexity index is 972. The molecule has 0 aliphatic heterocycles. The van der Waals surface area contributed by atoms with Gasteiger partial charge in [0.1, 0.15) is 12.7 Å². The number of allylic oxidation sites excluding steroid dienone is 4. The fraction of sp³-hybridized carbons (Fsp3) is 0.864. The molecule has 0 aliphatic rings. The Morgan fingerprint density at radius 3 is 1.33 bits per heavy atom. The minimum atomic E-state index is -4.62. The minimum Gasteiger partial charge on any atom is -0.462 e. The summed E-state index contributed by atoms with van der Waals surface area (Å²) in [5.41, 5.74) is 0. The highest BCUT2D eigenvalue weighted by Gasteiger charge is 2.27. The average Bonchev–Trinajstić information content (AvgIpc) is 3.17. The summed E-state index contributed by atoms with van der Waals surface area (Å²) in [5, 5.41) is 18.3. The van der Waals surface area contributed by atoms with Crippen molar-refractivity contribution in [2.75, 3.05) is 26.4 Å². The topological polar surface area (TPSA) is 149 Å². The number of aliphatic hydroxyl groups excluding tert-OH is 2. The molecule has 0 aromatic heterocycles. The third-order valence-electron chi connectivity index (χ3n) is 9.58. The van der Waals surface area contributed by atoms with Crippen LogP contribution in [0.1, 0.15) is 206 Å². The van der Waals surface area contributed by atoms with Crippen LogP contribution < -0.4 is 0 Å². The number of carbonyl (C=O) groups excluding carboxylic acids is 2. The van der Waals surface area contributed by atoms with Crippen LogP contribution in [-0.4, -0.2) is 65.7 Å². The van der Waals surface area contributed by atoms with Crippen LogP contribution in [0.3, 0.4) is 0 Å². The van der Waals surface area contributed by atoms with E-state index in [9.17, 15) is 24.2 Å². The zero-order valence-electron chi connectivity index (χ0n) is 35.2. The van der Waals surface area contributed by atoms with Crippen molar-refractivity contribution >= 4 is 19.8 Å². The van der Waals surface area contributed by atoms with Crippen LogP contribution in [-0.2, 0) is 32.7 Å². The first-order valence-electron chi connectivity index (χ1n) is 22.3. The van der Waals surface area contributed by atoms with Gasteiger partial charge in [-0.25, -0.2) is 4.57 Å². The Morgan fingerprint density at radius 1 is 0.527 bits per heavy atom. The number of ether oxygens (including phenoxy) is 2. The molecule has 0 radical (unpaired) electrons. The second-order valence-corrected chi connectivity index (χ2v) is 16.5. The molecular formula is C44H83O10P. The summed E-state index contributed by atoms with van der Waals surface area (Å²) in [4.78, 5) is 35.0. The average molecular weight is 803 g/mol. The molecule has 1 unspecified atom stereocenters. The molecule has 0 bridgehead atoms. The van der Waals surface area contributed by atoms with Crippen molar-refractivity contribution in [2.24, 2.45) is 0 Å². The zero-order valence-corrected chi connectivity index (χ0v) is 36.0. The maximum Gasteiger partial charge on any atom is 0.472 e. The lowest BCUT2D eigenvalue weighted by Gasteiger charge is -2.20. The van der Waals surface area contributed by atoms with E-state index >= 15 is 0 Å². The highest BCUT2D eigenvalue weighted by atomic mass is 31.2. The van der Waals surface area contributed by atoms with E-state index in [0.717, 1.165) is 51.4 Å². The normalized spacial score (nSPS) is 14.1. The molecule has 324 valence electrons. The number of aliphatic hydroxyl groups is 2. The molecule has 0 amide bonds. The number of esters is 2. The van der Waals surface area contributed by atoms with Crippen molar-refractivity contribution in [2.45, 2.75) is 219 Å². The van der Waals surface area contributed by atoms with Gasteiger partial charge in [-0.05, 0) is 64.2 Å². The van der Waals surface area contributed by atoms with Crippen molar-refractivity contribution in [3.63, 3.8) is 0 Å². The van der Waals surface area contributed by atoms with Crippen LogP contribution in [0, 0.1) is 0 Å². The molecule has 0 spiro atoms. The Morgan fingerprint density at radius 2 is 0.891 bits per heavy atom. The first-order valence-corrected chi connectivity index (χ1v) is 23.8. The monoisotopic (exact) mass is 803 g/mol. The number of hydrogen-bond donors (Lipinski definition) is 3. The molecule has 0 heterocycles. The maximum absolute atomic E-state index is 12.6. The molecule has 3 atom stereocenters. The van der Waals surface area contributed by atoms with Crippen LogP contribution in [0.5, 0.6) is 0 Å². The summed E-state index contributed by atoms with van der Waals surface area (Å²) >= 11 is 0. The molecule has 0 saturated heterocycles. The van der Waals surface area contributed by atoms with E-state index in [1.165, 1.54) is 116 Å². The van der Waals surface area contributed by atoms with Crippen LogP contribution in [0.4, 0.5) is 0 Å². The maximum atomic E-state index is 12.6. The third-order valence-corrected chi connectivity index (χ3v) is 10.5. The molecule has 0 aliphatic carbocycles. The summed E-state index contributed by atoms with van der Waals surface area (Å²) in [6, 6.07) is 0. The first kappa shape index (κ1) is 53.5. The van der Waals surface area contributed by atoms with Gasteiger partial charge >= 0.3 is 19.8 Å². The molecule has 0 fully saturated rings. The number of carbonyl (C=O) groups is 2. The van der Waals surface area contributed by atoms with E-state index < -0.39 is 51.8 Å². The SMILES string of the molecule is CCCCCC/C=C/CCCCCCCCCC(=O)OC[C@H](COP(=O)(O)OC[C@@H](O)CO)OC(=O)CCCCCCCCC/C=C/CCCCCCCC. The predicted octanol–water partition coefficient (Wildman–Crippen LogP) is 11.8. The molecule has 0 aromatic carbocycles. The molecule has 3 N–H and O–H groups in total. The molecule has 11 heteroatoms. The van der Waals surface area contributed by atoms with Crippen molar-refractivity contribution in [1.82, 2.24) is 0 Å². The van der Waals surface area contributed by atoms with E-state index in [1.54, 1.807) is 0 Å². The summed E-state index contributed by atoms with van der Waals surface area (Å²) in [7, 11) is -4.62. The lowest BCUT2D eigenvalue weighted by atomic mass is 10.1. The smallest absolute Gasteiger partial charge is 0.462 e. The summed E-state index contributed by atoms with van der Waals surface area (Å²) in [6.45, 7) is 2.37. The quantitative estimate of drug-likeness (QED) is 0.0236. The fourth-order valence-corrected chi connectivity index (χ4v) is 6.89. The van der Waals surface area contributed by atoms with Gasteiger partial charge < -0.3 is 24.6 Å².